The van der Waals surface area contributed by atoms with Gasteiger partial charge in [-0.15, -0.1) is 0 Å². The largest absolute Gasteiger partial charge is 0.394 e. The highest BCUT2D eigenvalue weighted by atomic mass is 16.3. The average Bonchev–Trinajstić information content (AvgIpc) is 2.35. The minimum Gasteiger partial charge on any atom is -0.394 e. The van der Waals surface area contributed by atoms with E-state index < -0.39 is 0 Å². The fourth-order valence-electron chi connectivity index (χ4n) is 1.85. The Bertz CT molecular complexity index is 168. The normalized spacial score (nSPS) is 13.4. The lowest BCUT2D eigenvalue weighted by Crippen LogP contribution is -2.03. The van der Waals surface area contributed by atoms with Crippen molar-refractivity contribution < 1.29 is 5.11 Å². The molecule has 0 aromatic carbocycles. The van der Waals surface area contributed by atoms with Crippen molar-refractivity contribution in [1.82, 2.24) is 0 Å². The third kappa shape index (κ3) is 13.6. The van der Waals surface area contributed by atoms with Gasteiger partial charge in [-0.3, -0.25) is 4.99 Å². The van der Waals surface area contributed by atoms with E-state index in [0.29, 0.717) is 0 Å². The number of hydrogen-bond acceptors (Lipinski definition) is 2. The Morgan fingerprint density at radius 3 is 2.00 bits per heavy atom. The summed E-state index contributed by atoms with van der Waals surface area (Å²) in [7, 11) is 0. The molecule has 2 nitrogen and oxygen atoms in total. The molecular weight excluding hydrogens is 210 g/mol. The Hall–Kier alpha value is -0.370. The molecule has 17 heavy (non-hydrogen) atoms. The Morgan fingerprint density at radius 2 is 1.47 bits per heavy atom. The van der Waals surface area contributed by atoms with Crippen molar-refractivity contribution in [2.24, 2.45) is 4.99 Å². The van der Waals surface area contributed by atoms with Gasteiger partial charge in [0.2, 0.25) is 0 Å². The van der Waals surface area contributed by atoms with E-state index in [1.54, 1.807) is 0 Å². The van der Waals surface area contributed by atoms with Crippen LogP contribution < -0.4 is 0 Å². The first-order valence-corrected chi connectivity index (χ1v) is 7.43. The minimum atomic E-state index is 0.0774. The van der Waals surface area contributed by atoms with Crippen LogP contribution in [-0.4, -0.2) is 24.0 Å². The average molecular weight is 241 g/mol. The van der Waals surface area contributed by atoms with Gasteiger partial charge >= 0.3 is 0 Å². The van der Waals surface area contributed by atoms with Gasteiger partial charge in [0.1, 0.15) is 0 Å². The van der Waals surface area contributed by atoms with E-state index in [-0.39, 0.29) is 12.6 Å². The molecule has 0 fully saturated rings. The molecule has 0 saturated carbocycles. The van der Waals surface area contributed by atoms with Gasteiger partial charge in [0.25, 0.3) is 0 Å². The summed E-state index contributed by atoms with van der Waals surface area (Å²) in [5, 5.41) is 8.78. The molecular formula is C15H31NO. The molecule has 0 aliphatic rings. The summed E-state index contributed by atoms with van der Waals surface area (Å²) in [4.78, 5) is 4.24. The summed E-state index contributed by atoms with van der Waals surface area (Å²) in [6.07, 6.45) is 15.4. The monoisotopic (exact) mass is 241 g/mol. The van der Waals surface area contributed by atoms with Crippen LogP contribution in [0.15, 0.2) is 4.99 Å². The molecule has 0 aromatic heterocycles. The highest BCUT2D eigenvalue weighted by Crippen LogP contribution is 2.10. The number of aliphatic hydroxyl groups excluding tert-OH is 1. The summed E-state index contributed by atoms with van der Waals surface area (Å²) in [5.41, 5.74) is 0. The third-order valence-electron chi connectivity index (χ3n) is 3.06. The zero-order chi connectivity index (χ0) is 12.8. The summed E-state index contributed by atoms with van der Waals surface area (Å²) in [6, 6.07) is 0.0774. The molecule has 0 unspecified atom stereocenters. The summed E-state index contributed by atoms with van der Waals surface area (Å²) < 4.78 is 0. The Morgan fingerprint density at radius 1 is 0.941 bits per heavy atom. The van der Waals surface area contributed by atoms with Crippen LogP contribution in [0, 0.1) is 0 Å². The maximum atomic E-state index is 8.78. The van der Waals surface area contributed by atoms with E-state index in [2.05, 4.69) is 11.9 Å². The van der Waals surface area contributed by atoms with Crippen molar-refractivity contribution in [3.05, 3.63) is 0 Å². The SMILES string of the molecule is CCCCCCCCCCCC=N[C@@H](C)CO. The zero-order valence-electron chi connectivity index (χ0n) is 11.8. The molecule has 102 valence electrons. The topological polar surface area (TPSA) is 32.6 Å². The summed E-state index contributed by atoms with van der Waals surface area (Å²) >= 11 is 0. The molecule has 0 heterocycles. The lowest BCUT2D eigenvalue weighted by molar-refractivity contribution is 0.274. The smallest absolute Gasteiger partial charge is 0.0698 e. The highest BCUT2D eigenvalue weighted by molar-refractivity contribution is 5.57. The van der Waals surface area contributed by atoms with Gasteiger partial charge in [-0.05, 0) is 26.0 Å². The third-order valence-corrected chi connectivity index (χ3v) is 3.06. The fourth-order valence-corrected chi connectivity index (χ4v) is 1.85. The number of aliphatic imine (C=N–C) groups is 1. The minimum absolute atomic E-state index is 0.0774. The van der Waals surface area contributed by atoms with Crippen LogP contribution in [0.5, 0.6) is 0 Å². The molecule has 1 N–H and O–H groups in total. The second-order valence-corrected chi connectivity index (χ2v) is 4.98. The second-order valence-electron chi connectivity index (χ2n) is 4.98. The number of unbranched alkanes of at least 4 members (excludes halogenated alkanes) is 9. The molecule has 0 rings (SSSR count). The van der Waals surface area contributed by atoms with E-state index in [1.165, 1.54) is 57.8 Å². The lowest BCUT2D eigenvalue weighted by atomic mass is 10.1. The molecule has 0 aliphatic carbocycles. The first-order chi connectivity index (χ1) is 8.31. The molecule has 0 amide bonds. The number of aliphatic hydroxyl groups is 1. The van der Waals surface area contributed by atoms with Crippen molar-refractivity contribution in [3.63, 3.8) is 0 Å². The van der Waals surface area contributed by atoms with Crippen LogP contribution in [0.4, 0.5) is 0 Å². The summed E-state index contributed by atoms with van der Waals surface area (Å²) in [5.74, 6) is 0. The van der Waals surface area contributed by atoms with Crippen LogP contribution in [0.1, 0.15) is 78.1 Å². The number of nitrogens with zero attached hydrogens (tertiary/aromatic N) is 1. The molecule has 0 aromatic rings. The number of hydrogen-bond donors (Lipinski definition) is 1. The maximum absolute atomic E-state index is 8.78. The van der Waals surface area contributed by atoms with Crippen LogP contribution in [0.3, 0.4) is 0 Å². The highest BCUT2D eigenvalue weighted by Gasteiger charge is 1.93. The molecule has 0 bridgehead atoms. The van der Waals surface area contributed by atoms with Crippen LogP contribution >= 0.6 is 0 Å². The molecule has 0 spiro atoms. The van der Waals surface area contributed by atoms with E-state index in [4.69, 9.17) is 5.11 Å². The van der Waals surface area contributed by atoms with E-state index in [1.807, 2.05) is 13.1 Å². The quantitative estimate of drug-likeness (QED) is 0.399. The zero-order valence-corrected chi connectivity index (χ0v) is 11.8. The van der Waals surface area contributed by atoms with Crippen molar-refractivity contribution in [2.45, 2.75) is 84.1 Å². The van der Waals surface area contributed by atoms with Gasteiger partial charge in [0.05, 0.1) is 12.6 Å². The Labute approximate surface area is 108 Å². The second kappa shape index (κ2) is 13.7. The van der Waals surface area contributed by atoms with Gasteiger partial charge in [-0.2, -0.15) is 0 Å². The molecule has 1 atom stereocenters. The standard InChI is InChI=1S/C15H31NO/c1-3-4-5-6-7-8-9-10-11-12-13-16-15(2)14-17/h13,15,17H,3-12,14H2,1-2H3/t15-/m0/s1. The van der Waals surface area contributed by atoms with E-state index >= 15 is 0 Å². The van der Waals surface area contributed by atoms with Crippen LogP contribution in [-0.2, 0) is 0 Å². The molecule has 2 heteroatoms. The van der Waals surface area contributed by atoms with Gasteiger partial charge in [-0.1, -0.05) is 58.3 Å². The first-order valence-electron chi connectivity index (χ1n) is 7.43. The Kier molecular flexibility index (Phi) is 13.4. The van der Waals surface area contributed by atoms with Gasteiger partial charge in [-0.25, -0.2) is 0 Å². The molecule has 0 aliphatic heterocycles. The Balaban J connectivity index is 3.06. The molecule has 0 saturated heterocycles. The lowest BCUT2D eigenvalue weighted by Gasteiger charge is -2.01. The predicted octanol–water partition coefficient (Wildman–Crippen LogP) is 4.36. The number of rotatable bonds is 12. The maximum Gasteiger partial charge on any atom is 0.0698 e. The van der Waals surface area contributed by atoms with Gasteiger partial charge < -0.3 is 5.11 Å². The van der Waals surface area contributed by atoms with Crippen molar-refractivity contribution in [3.8, 4) is 0 Å². The first kappa shape index (κ1) is 16.6. The van der Waals surface area contributed by atoms with Crippen LogP contribution in [0.2, 0.25) is 0 Å². The molecule has 0 radical (unpaired) electrons. The van der Waals surface area contributed by atoms with E-state index in [0.717, 1.165) is 6.42 Å². The van der Waals surface area contributed by atoms with Gasteiger partial charge in [0.15, 0.2) is 0 Å². The predicted molar refractivity (Wildman–Crippen MR) is 76.9 cm³/mol. The van der Waals surface area contributed by atoms with Crippen LogP contribution in [0.25, 0.3) is 0 Å². The fraction of sp³-hybridized carbons (Fsp3) is 0.933. The van der Waals surface area contributed by atoms with Crippen molar-refractivity contribution >= 4 is 6.21 Å². The summed E-state index contributed by atoms with van der Waals surface area (Å²) in [6.45, 7) is 4.36. The van der Waals surface area contributed by atoms with Gasteiger partial charge in [0, 0.05) is 0 Å². The van der Waals surface area contributed by atoms with Crippen molar-refractivity contribution in [1.29, 1.82) is 0 Å². The van der Waals surface area contributed by atoms with Crippen molar-refractivity contribution in [2.75, 3.05) is 6.61 Å². The van der Waals surface area contributed by atoms with E-state index in [9.17, 15) is 0 Å².